The largest absolute Gasteiger partial charge is 0.456 e. The molecule has 1 aliphatic rings. The zero-order valence-electron chi connectivity index (χ0n) is 12.9. The number of anilines is 1. The maximum absolute atomic E-state index is 11.5. The van der Waals surface area contributed by atoms with Gasteiger partial charge in [-0.3, -0.25) is 9.59 Å². The van der Waals surface area contributed by atoms with Crippen molar-refractivity contribution in [2.24, 2.45) is 11.7 Å². The van der Waals surface area contributed by atoms with Crippen molar-refractivity contribution in [2.45, 2.75) is 25.7 Å². The van der Waals surface area contributed by atoms with Crippen LogP contribution in [0.2, 0.25) is 0 Å². The number of hydrogen-bond acceptors (Lipinski definition) is 6. The fourth-order valence-corrected chi connectivity index (χ4v) is 2.72. The molecule has 2 N–H and O–H groups in total. The Kier molecular flexibility index (Phi) is 5.92. The molecule has 0 atom stereocenters. The van der Waals surface area contributed by atoms with Gasteiger partial charge in [-0.25, -0.2) is 4.98 Å². The number of primary amides is 1. The zero-order chi connectivity index (χ0) is 16.7. The summed E-state index contributed by atoms with van der Waals surface area (Å²) in [6.07, 6.45) is 4.59. The number of aromatic nitrogens is 1. The van der Waals surface area contributed by atoms with E-state index in [0.717, 1.165) is 38.2 Å². The molecule has 0 radical (unpaired) electrons. The maximum atomic E-state index is 11.5. The number of rotatable bonds is 6. The van der Waals surface area contributed by atoms with Crippen molar-refractivity contribution in [3.8, 4) is 6.07 Å². The summed E-state index contributed by atoms with van der Waals surface area (Å²) in [6, 6.07) is 5.69. The minimum Gasteiger partial charge on any atom is -0.456 e. The molecule has 1 aromatic heterocycles. The molecule has 7 nitrogen and oxygen atoms in total. The molecule has 0 aromatic carbocycles. The van der Waals surface area contributed by atoms with Crippen molar-refractivity contribution in [3.05, 3.63) is 23.9 Å². The standard InChI is InChI=1S/C16H20N4O3/c17-10-13-2-1-7-19-16(13)20-8-5-12(6-9-20)3-4-15(22)23-11-14(18)21/h1-2,7,12H,3-6,8-9,11H2,(H2,18,21). The second-order valence-electron chi connectivity index (χ2n) is 5.58. The molecular formula is C16H20N4O3. The number of carbonyl (C=O) groups excluding carboxylic acids is 2. The lowest BCUT2D eigenvalue weighted by molar-refractivity contribution is -0.148. The number of ether oxygens (including phenoxy) is 1. The molecule has 0 unspecified atom stereocenters. The van der Waals surface area contributed by atoms with Crippen LogP contribution in [0.4, 0.5) is 5.82 Å². The minimum absolute atomic E-state index is 0.297. The van der Waals surface area contributed by atoms with E-state index in [1.54, 1.807) is 18.3 Å². The second kappa shape index (κ2) is 8.13. The van der Waals surface area contributed by atoms with Crippen molar-refractivity contribution in [2.75, 3.05) is 24.6 Å². The number of hydrogen-bond donors (Lipinski definition) is 1. The summed E-state index contributed by atoms with van der Waals surface area (Å²) >= 11 is 0. The van der Waals surface area contributed by atoms with Crippen molar-refractivity contribution < 1.29 is 14.3 Å². The van der Waals surface area contributed by atoms with Crippen LogP contribution in [0.3, 0.4) is 0 Å². The summed E-state index contributed by atoms with van der Waals surface area (Å²) in [7, 11) is 0. The molecule has 2 rings (SSSR count). The normalized spacial score (nSPS) is 15.0. The van der Waals surface area contributed by atoms with Crippen molar-refractivity contribution in [3.63, 3.8) is 0 Å². The van der Waals surface area contributed by atoms with Gasteiger partial charge in [0.1, 0.15) is 11.9 Å². The highest BCUT2D eigenvalue weighted by molar-refractivity contribution is 5.78. The number of pyridine rings is 1. The Bertz CT molecular complexity index is 604. The summed E-state index contributed by atoms with van der Waals surface area (Å²) < 4.78 is 4.75. The third-order valence-electron chi connectivity index (χ3n) is 3.95. The number of nitriles is 1. The van der Waals surface area contributed by atoms with E-state index >= 15 is 0 Å². The third kappa shape index (κ3) is 4.95. The summed E-state index contributed by atoms with van der Waals surface area (Å²) in [4.78, 5) is 28.4. The predicted octanol–water partition coefficient (Wildman–Crippen LogP) is 0.978. The van der Waals surface area contributed by atoms with Crippen molar-refractivity contribution >= 4 is 17.7 Å². The molecule has 1 saturated heterocycles. The van der Waals surface area contributed by atoms with Gasteiger partial charge in [0.15, 0.2) is 6.61 Å². The first-order valence-corrected chi connectivity index (χ1v) is 7.64. The number of amides is 1. The smallest absolute Gasteiger partial charge is 0.306 e. The summed E-state index contributed by atoms with van der Waals surface area (Å²) in [6.45, 7) is 1.27. The van der Waals surface area contributed by atoms with Gasteiger partial charge in [-0.1, -0.05) is 0 Å². The average molecular weight is 316 g/mol. The monoisotopic (exact) mass is 316 g/mol. The van der Waals surface area contributed by atoms with Crippen LogP contribution in [0, 0.1) is 17.2 Å². The Labute approximate surface area is 135 Å². The fraction of sp³-hybridized carbons (Fsp3) is 0.500. The molecule has 23 heavy (non-hydrogen) atoms. The predicted molar refractivity (Wildman–Crippen MR) is 83.3 cm³/mol. The van der Waals surface area contributed by atoms with E-state index in [1.807, 2.05) is 0 Å². The van der Waals surface area contributed by atoms with Crippen LogP contribution in [0.1, 0.15) is 31.2 Å². The van der Waals surface area contributed by atoms with Crippen LogP contribution in [-0.4, -0.2) is 36.6 Å². The Morgan fingerprint density at radius 3 is 2.83 bits per heavy atom. The summed E-state index contributed by atoms with van der Waals surface area (Å²) in [5.74, 6) is 0.133. The molecule has 1 aromatic rings. The first kappa shape index (κ1) is 16.7. The van der Waals surface area contributed by atoms with E-state index in [2.05, 4.69) is 16.0 Å². The lowest BCUT2D eigenvalue weighted by Gasteiger charge is -2.33. The molecule has 122 valence electrons. The molecule has 1 fully saturated rings. The van der Waals surface area contributed by atoms with Gasteiger partial charge in [0.25, 0.3) is 5.91 Å². The molecule has 1 amide bonds. The van der Waals surface area contributed by atoms with Crippen LogP contribution >= 0.6 is 0 Å². The maximum Gasteiger partial charge on any atom is 0.306 e. The number of nitrogens with two attached hydrogens (primary N) is 1. The Balaban J connectivity index is 1.77. The van der Waals surface area contributed by atoms with E-state index in [0.29, 0.717) is 17.9 Å². The molecular weight excluding hydrogens is 296 g/mol. The quantitative estimate of drug-likeness (QED) is 0.783. The third-order valence-corrected chi connectivity index (χ3v) is 3.95. The van der Waals surface area contributed by atoms with Crippen LogP contribution in [0.25, 0.3) is 0 Å². The number of nitrogens with zero attached hydrogens (tertiary/aromatic N) is 3. The van der Waals surface area contributed by atoms with Gasteiger partial charge in [0.05, 0.1) is 5.56 Å². The molecule has 1 aliphatic heterocycles. The Hall–Kier alpha value is -2.62. The van der Waals surface area contributed by atoms with E-state index in [1.165, 1.54) is 0 Å². The highest BCUT2D eigenvalue weighted by Crippen LogP contribution is 2.26. The van der Waals surface area contributed by atoms with Gasteiger partial charge >= 0.3 is 5.97 Å². The first-order chi connectivity index (χ1) is 11.1. The average Bonchev–Trinajstić information content (AvgIpc) is 2.58. The lowest BCUT2D eigenvalue weighted by atomic mass is 9.92. The van der Waals surface area contributed by atoms with E-state index in [9.17, 15) is 9.59 Å². The SMILES string of the molecule is N#Cc1cccnc1N1CCC(CCC(=O)OCC(N)=O)CC1. The molecule has 0 spiro atoms. The molecule has 0 aliphatic carbocycles. The zero-order valence-corrected chi connectivity index (χ0v) is 12.9. The highest BCUT2D eigenvalue weighted by atomic mass is 16.5. The van der Waals surface area contributed by atoms with Crippen LogP contribution < -0.4 is 10.6 Å². The lowest BCUT2D eigenvalue weighted by Crippen LogP contribution is -2.35. The van der Waals surface area contributed by atoms with Crippen LogP contribution in [-0.2, 0) is 14.3 Å². The number of carbonyl (C=O) groups is 2. The Morgan fingerprint density at radius 2 is 2.17 bits per heavy atom. The van der Waals surface area contributed by atoms with Crippen molar-refractivity contribution in [1.29, 1.82) is 5.26 Å². The summed E-state index contributed by atoms with van der Waals surface area (Å²) in [5.41, 5.74) is 5.51. The summed E-state index contributed by atoms with van der Waals surface area (Å²) in [5, 5.41) is 9.13. The van der Waals surface area contributed by atoms with Gasteiger partial charge in [-0.05, 0) is 37.3 Å². The molecule has 0 bridgehead atoms. The second-order valence-corrected chi connectivity index (χ2v) is 5.58. The molecule has 7 heteroatoms. The highest BCUT2D eigenvalue weighted by Gasteiger charge is 2.22. The Morgan fingerprint density at radius 1 is 1.43 bits per heavy atom. The number of piperidine rings is 1. The van der Waals surface area contributed by atoms with Gasteiger partial charge < -0.3 is 15.4 Å². The van der Waals surface area contributed by atoms with E-state index in [4.69, 9.17) is 15.7 Å². The van der Waals surface area contributed by atoms with Crippen LogP contribution in [0.5, 0.6) is 0 Å². The van der Waals surface area contributed by atoms with Gasteiger partial charge in [-0.15, -0.1) is 0 Å². The van der Waals surface area contributed by atoms with Crippen molar-refractivity contribution in [1.82, 2.24) is 4.98 Å². The minimum atomic E-state index is -0.643. The molecule has 0 saturated carbocycles. The van der Waals surface area contributed by atoms with E-state index < -0.39 is 5.91 Å². The van der Waals surface area contributed by atoms with Gasteiger partial charge in [0, 0.05) is 25.7 Å². The fourth-order valence-electron chi connectivity index (χ4n) is 2.72. The van der Waals surface area contributed by atoms with Crippen LogP contribution in [0.15, 0.2) is 18.3 Å². The molecule has 2 heterocycles. The van der Waals surface area contributed by atoms with E-state index in [-0.39, 0.29) is 12.6 Å². The topological polar surface area (TPSA) is 109 Å². The number of esters is 1. The van der Waals surface area contributed by atoms with Gasteiger partial charge in [0.2, 0.25) is 0 Å². The first-order valence-electron chi connectivity index (χ1n) is 7.64. The van der Waals surface area contributed by atoms with Gasteiger partial charge in [-0.2, -0.15) is 5.26 Å².